The number of hydrogen-bond acceptors (Lipinski definition) is 2. The van der Waals surface area contributed by atoms with Crippen molar-refractivity contribution in [1.29, 1.82) is 0 Å². The predicted octanol–water partition coefficient (Wildman–Crippen LogP) is 4.24. The third-order valence-electron chi connectivity index (χ3n) is 3.05. The molecule has 1 aromatic rings. The zero-order valence-corrected chi connectivity index (χ0v) is 13.0. The summed E-state index contributed by atoms with van der Waals surface area (Å²) in [7, 11) is 0. The second kappa shape index (κ2) is 9.40. The molecular weight excluding hydrogens is 290 g/mol. The Balaban J connectivity index is 2.20. The van der Waals surface area contributed by atoms with E-state index in [2.05, 4.69) is 35.1 Å². The van der Waals surface area contributed by atoms with Crippen LogP contribution in [0, 0.1) is 5.92 Å². The molecule has 0 aliphatic rings. The van der Waals surface area contributed by atoms with Crippen molar-refractivity contribution in [2.24, 2.45) is 5.92 Å². The van der Waals surface area contributed by atoms with Gasteiger partial charge in [0.2, 0.25) is 0 Å². The maximum atomic E-state index is 5.75. The molecule has 1 unspecified atom stereocenters. The number of halogens is 1. The summed E-state index contributed by atoms with van der Waals surface area (Å²) in [5.74, 6) is 1.67. The van der Waals surface area contributed by atoms with E-state index < -0.39 is 0 Å². The van der Waals surface area contributed by atoms with Crippen molar-refractivity contribution < 1.29 is 4.74 Å². The lowest BCUT2D eigenvalue weighted by atomic mass is 10.0. The highest BCUT2D eigenvalue weighted by Gasteiger charge is 2.05. The maximum Gasteiger partial charge on any atom is 0.119 e. The molecule has 0 saturated heterocycles. The van der Waals surface area contributed by atoms with Gasteiger partial charge in [-0.1, -0.05) is 36.2 Å². The van der Waals surface area contributed by atoms with E-state index in [1.165, 1.54) is 12.8 Å². The summed E-state index contributed by atoms with van der Waals surface area (Å²) >= 11 is 3.42. The zero-order chi connectivity index (χ0) is 13.2. The molecule has 0 heterocycles. The molecule has 3 heteroatoms. The van der Waals surface area contributed by atoms with Crippen LogP contribution < -0.4 is 10.1 Å². The van der Waals surface area contributed by atoms with Crippen LogP contribution in [0.1, 0.15) is 33.1 Å². The standard InChI is InChI=1S/C15H24BrNO/c1-3-10-17-12-13(4-2)9-11-18-15-7-5-14(16)6-8-15/h5-8,13,17H,3-4,9-12H2,1-2H3. The Morgan fingerprint density at radius 1 is 1.22 bits per heavy atom. The third kappa shape index (κ3) is 6.41. The van der Waals surface area contributed by atoms with Crippen LogP contribution in [0.5, 0.6) is 5.75 Å². The number of ether oxygens (including phenoxy) is 1. The predicted molar refractivity (Wildman–Crippen MR) is 81.2 cm³/mol. The summed E-state index contributed by atoms with van der Waals surface area (Å²) in [4.78, 5) is 0. The molecule has 18 heavy (non-hydrogen) atoms. The number of rotatable bonds is 9. The van der Waals surface area contributed by atoms with Gasteiger partial charge in [-0.3, -0.25) is 0 Å². The molecule has 0 fully saturated rings. The largest absolute Gasteiger partial charge is 0.494 e. The van der Waals surface area contributed by atoms with Crippen LogP contribution in [-0.4, -0.2) is 19.7 Å². The SMILES string of the molecule is CCCNCC(CC)CCOc1ccc(Br)cc1. The van der Waals surface area contributed by atoms with E-state index in [4.69, 9.17) is 4.74 Å². The van der Waals surface area contributed by atoms with Gasteiger partial charge in [0.05, 0.1) is 6.61 Å². The van der Waals surface area contributed by atoms with Crippen molar-refractivity contribution >= 4 is 15.9 Å². The summed E-state index contributed by atoms with van der Waals surface area (Å²) in [5.41, 5.74) is 0. The summed E-state index contributed by atoms with van der Waals surface area (Å²) in [6.07, 6.45) is 3.52. The number of hydrogen-bond donors (Lipinski definition) is 1. The molecule has 2 nitrogen and oxygen atoms in total. The van der Waals surface area contributed by atoms with Crippen LogP contribution >= 0.6 is 15.9 Å². The second-order valence-corrected chi connectivity index (χ2v) is 5.49. The molecule has 0 aliphatic heterocycles. The van der Waals surface area contributed by atoms with Crippen LogP contribution in [0.4, 0.5) is 0 Å². The van der Waals surface area contributed by atoms with Crippen molar-refractivity contribution in [2.45, 2.75) is 33.1 Å². The lowest BCUT2D eigenvalue weighted by molar-refractivity contribution is 0.271. The van der Waals surface area contributed by atoms with Crippen LogP contribution in [0.25, 0.3) is 0 Å². The summed E-state index contributed by atoms with van der Waals surface area (Å²) < 4.78 is 6.84. The fourth-order valence-corrected chi connectivity index (χ4v) is 2.07. The Morgan fingerprint density at radius 2 is 1.94 bits per heavy atom. The first-order chi connectivity index (χ1) is 8.76. The molecule has 1 N–H and O–H groups in total. The molecule has 0 saturated carbocycles. The van der Waals surface area contributed by atoms with Crippen molar-refractivity contribution in [1.82, 2.24) is 5.32 Å². The van der Waals surface area contributed by atoms with Crippen molar-refractivity contribution in [3.05, 3.63) is 28.7 Å². The van der Waals surface area contributed by atoms with E-state index >= 15 is 0 Å². The van der Waals surface area contributed by atoms with E-state index in [1.807, 2.05) is 24.3 Å². The average Bonchev–Trinajstić information content (AvgIpc) is 2.39. The third-order valence-corrected chi connectivity index (χ3v) is 3.57. The minimum Gasteiger partial charge on any atom is -0.494 e. The second-order valence-electron chi connectivity index (χ2n) is 4.57. The molecule has 0 aliphatic carbocycles. The Labute approximate surface area is 119 Å². The number of nitrogens with one attached hydrogen (secondary N) is 1. The number of benzene rings is 1. The van der Waals surface area contributed by atoms with Crippen molar-refractivity contribution in [3.8, 4) is 5.75 Å². The van der Waals surface area contributed by atoms with Crippen LogP contribution in [-0.2, 0) is 0 Å². The van der Waals surface area contributed by atoms with Gasteiger partial charge >= 0.3 is 0 Å². The van der Waals surface area contributed by atoms with Gasteiger partial charge in [0, 0.05) is 4.47 Å². The maximum absolute atomic E-state index is 5.75. The van der Waals surface area contributed by atoms with Crippen molar-refractivity contribution in [3.63, 3.8) is 0 Å². The van der Waals surface area contributed by atoms with Gasteiger partial charge in [0.15, 0.2) is 0 Å². The molecule has 0 amide bonds. The normalized spacial score (nSPS) is 12.4. The minimum atomic E-state index is 0.715. The van der Waals surface area contributed by atoms with Gasteiger partial charge in [-0.05, 0) is 56.1 Å². The van der Waals surface area contributed by atoms with Gasteiger partial charge in [0.1, 0.15) is 5.75 Å². The molecule has 1 rings (SSSR count). The zero-order valence-electron chi connectivity index (χ0n) is 11.4. The van der Waals surface area contributed by atoms with E-state index in [0.29, 0.717) is 5.92 Å². The fraction of sp³-hybridized carbons (Fsp3) is 0.600. The first kappa shape index (κ1) is 15.5. The van der Waals surface area contributed by atoms with Crippen molar-refractivity contribution in [2.75, 3.05) is 19.7 Å². The Kier molecular flexibility index (Phi) is 8.10. The van der Waals surface area contributed by atoms with Gasteiger partial charge in [-0.15, -0.1) is 0 Å². The van der Waals surface area contributed by atoms with Gasteiger partial charge in [-0.2, -0.15) is 0 Å². The van der Waals surface area contributed by atoms with Gasteiger partial charge in [-0.25, -0.2) is 0 Å². The smallest absolute Gasteiger partial charge is 0.119 e. The van der Waals surface area contributed by atoms with Gasteiger partial charge in [0.25, 0.3) is 0 Å². The molecule has 1 atom stereocenters. The van der Waals surface area contributed by atoms with E-state index in [0.717, 1.165) is 36.3 Å². The first-order valence-corrected chi connectivity index (χ1v) is 7.64. The van der Waals surface area contributed by atoms with E-state index in [1.54, 1.807) is 0 Å². The van der Waals surface area contributed by atoms with Crippen LogP contribution in [0.2, 0.25) is 0 Å². The molecule has 102 valence electrons. The Bertz CT molecular complexity index is 313. The molecule has 0 radical (unpaired) electrons. The van der Waals surface area contributed by atoms with E-state index in [9.17, 15) is 0 Å². The Hall–Kier alpha value is -0.540. The monoisotopic (exact) mass is 313 g/mol. The highest BCUT2D eigenvalue weighted by atomic mass is 79.9. The highest BCUT2D eigenvalue weighted by molar-refractivity contribution is 9.10. The Morgan fingerprint density at radius 3 is 2.56 bits per heavy atom. The topological polar surface area (TPSA) is 21.3 Å². The average molecular weight is 314 g/mol. The summed E-state index contributed by atoms with van der Waals surface area (Å²) in [5, 5.41) is 3.48. The molecular formula is C15H24BrNO. The molecule has 1 aromatic carbocycles. The van der Waals surface area contributed by atoms with Gasteiger partial charge < -0.3 is 10.1 Å². The molecule has 0 spiro atoms. The summed E-state index contributed by atoms with van der Waals surface area (Å²) in [6, 6.07) is 8.02. The van der Waals surface area contributed by atoms with Crippen LogP contribution in [0.3, 0.4) is 0 Å². The van der Waals surface area contributed by atoms with Crippen LogP contribution in [0.15, 0.2) is 28.7 Å². The minimum absolute atomic E-state index is 0.715. The molecule has 0 aromatic heterocycles. The highest BCUT2D eigenvalue weighted by Crippen LogP contribution is 2.17. The summed E-state index contributed by atoms with van der Waals surface area (Å²) in [6.45, 7) is 7.47. The lowest BCUT2D eigenvalue weighted by Gasteiger charge is -2.16. The van der Waals surface area contributed by atoms with E-state index in [-0.39, 0.29) is 0 Å². The first-order valence-electron chi connectivity index (χ1n) is 6.85. The fourth-order valence-electron chi connectivity index (χ4n) is 1.81. The molecule has 0 bridgehead atoms. The quantitative estimate of drug-likeness (QED) is 0.688. The lowest BCUT2D eigenvalue weighted by Crippen LogP contribution is -2.24.